The van der Waals surface area contributed by atoms with E-state index in [4.69, 9.17) is 0 Å². The Hall–Kier alpha value is -4.11. The minimum absolute atomic E-state index is 0.699. The lowest BCUT2D eigenvalue weighted by Gasteiger charge is -2.02. The van der Waals surface area contributed by atoms with Crippen molar-refractivity contribution in [2.45, 2.75) is 0 Å². The van der Waals surface area contributed by atoms with Gasteiger partial charge in [-0.2, -0.15) is 0 Å². The van der Waals surface area contributed by atoms with Gasteiger partial charge in [0, 0.05) is 11.1 Å². The van der Waals surface area contributed by atoms with E-state index in [1.54, 1.807) is 6.33 Å². The zero-order valence-corrected chi connectivity index (χ0v) is 16.5. The Kier molecular flexibility index (Phi) is 6.34. The number of nitrogens with zero attached hydrogens (tertiary/aromatic N) is 3. The highest BCUT2D eigenvalue weighted by atomic mass is 15.0. The first-order chi connectivity index (χ1) is 14.9. The smallest absolute Gasteiger partial charge is 0.163 e. The van der Waals surface area contributed by atoms with Gasteiger partial charge in [0.25, 0.3) is 0 Å². The van der Waals surface area contributed by atoms with Gasteiger partial charge in [-0.3, -0.25) is 0 Å². The van der Waals surface area contributed by atoms with E-state index in [0.717, 1.165) is 11.1 Å². The molecule has 0 aliphatic heterocycles. The Labute approximate surface area is 176 Å². The maximum absolute atomic E-state index is 4.49. The van der Waals surface area contributed by atoms with E-state index in [1.807, 2.05) is 72.8 Å². The normalized spacial score (nSPS) is 10.0. The van der Waals surface area contributed by atoms with E-state index in [0.29, 0.717) is 11.6 Å². The van der Waals surface area contributed by atoms with Gasteiger partial charge < -0.3 is 0 Å². The maximum Gasteiger partial charge on any atom is 0.163 e. The Morgan fingerprint density at radius 3 is 0.967 bits per heavy atom. The monoisotopic (exact) mass is 387 g/mol. The van der Waals surface area contributed by atoms with Gasteiger partial charge in [-0.1, -0.05) is 121 Å². The summed E-state index contributed by atoms with van der Waals surface area (Å²) in [6.07, 6.45) is 1.55. The third kappa shape index (κ3) is 5.03. The summed E-state index contributed by atoms with van der Waals surface area (Å²) < 4.78 is 0. The molecule has 0 saturated heterocycles. The van der Waals surface area contributed by atoms with Crippen molar-refractivity contribution in [2.24, 2.45) is 0 Å². The molecular weight excluding hydrogens is 366 g/mol. The van der Waals surface area contributed by atoms with E-state index in [9.17, 15) is 0 Å². The summed E-state index contributed by atoms with van der Waals surface area (Å²) in [5, 5.41) is 0. The summed E-state index contributed by atoms with van der Waals surface area (Å²) in [7, 11) is 0. The molecular formula is C27H21N3. The third-order valence-corrected chi connectivity index (χ3v) is 4.52. The van der Waals surface area contributed by atoms with Crippen molar-refractivity contribution >= 4 is 0 Å². The lowest BCUT2D eigenvalue weighted by atomic mass is 10.1. The Morgan fingerprint density at radius 1 is 0.333 bits per heavy atom. The second kappa shape index (κ2) is 9.89. The van der Waals surface area contributed by atoms with Gasteiger partial charge in [0.05, 0.1) is 0 Å². The molecule has 0 bridgehead atoms. The molecule has 0 aliphatic carbocycles. The first-order valence-electron chi connectivity index (χ1n) is 9.80. The van der Waals surface area contributed by atoms with Crippen molar-refractivity contribution in [1.29, 1.82) is 0 Å². The Morgan fingerprint density at radius 2 is 0.633 bits per heavy atom. The van der Waals surface area contributed by atoms with E-state index in [2.05, 4.69) is 63.5 Å². The number of aromatic nitrogens is 3. The molecule has 4 aromatic carbocycles. The van der Waals surface area contributed by atoms with Crippen molar-refractivity contribution in [3.8, 4) is 33.9 Å². The van der Waals surface area contributed by atoms with Crippen LogP contribution in [0.5, 0.6) is 0 Å². The van der Waals surface area contributed by atoms with Crippen LogP contribution in [-0.2, 0) is 0 Å². The van der Waals surface area contributed by atoms with Crippen LogP contribution in [0.3, 0.4) is 0 Å². The fourth-order valence-corrected chi connectivity index (χ4v) is 3.01. The molecule has 5 rings (SSSR count). The molecule has 30 heavy (non-hydrogen) atoms. The molecule has 3 nitrogen and oxygen atoms in total. The van der Waals surface area contributed by atoms with Crippen molar-refractivity contribution < 1.29 is 0 Å². The van der Waals surface area contributed by atoms with Gasteiger partial charge in [0.15, 0.2) is 11.6 Å². The summed E-state index contributed by atoms with van der Waals surface area (Å²) in [5.41, 5.74) is 4.55. The maximum atomic E-state index is 4.49. The molecule has 0 unspecified atom stereocenters. The van der Waals surface area contributed by atoms with Crippen LogP contribution in [0.4, 0.5) is 0 Å². The van der Waals surface area contributed by atoms with Crippen molar-refractivity contribution in [3.05, 3.63) is 128 Å². The summed E-state index contributed by atoms with van der Waals surface area (Å²) in [6.45, 7) is 0. The Balaban J connectivity index is 0.000000158. The van der Waals surface area contributed by atoms with E-state index in [1.165, 1.54) is 11.1 Å². The van der Waals surface area contributed by atoms with E-state index in [-0.39, 0.29) is 0 Å². The van der Waals surface area contributed by atoms with Gasteiger partial charge >= 0.3 is 0 Å². The highest BCUT2D eigenvalue weighted by Crippen LogP contribution is 2.18. The number of benzene rings is 4. The molecule has 0 N–H and O–H groups in total. The predicted octanol–water partition coefficient (Wildman–Crippen LogP) is 6.56. The fraction of sp³-hybridized carbons (Fsp3) is 0. The largest absolute Gasteiger partial charge is 0.217 e. The van der Waals surface area contributed by atoms with Crippen LogP contribution in [0.1, 0.15) is 0 Å². The molecule has 1 aromatic heterocycles. The lowest BCUT2D eigenvalue weighted by molar-refractivity contribution is 1.07. The molecule has 0 spiro atoms. The van der Waals surface area contributed by atoms with Gasteiger partial charge in [-0.05, 0) is 11.1 Å². The van der Waals surface area contributed by atoms with Gasteiger partial charge in [0.1, 0.15) is 6.33 Å². The minimum atomic E-state index is 0.699. The number of rotatable bonds is 3. The van der Waals surface area contributed by atoms with Crippen LogP contribution < -0.4 is 0 Å². The van der Waals surface area contributed by atoms with Crippen molar-refractivity contribution in [1.82, 2.24) is 15.0 Å². The second-order valence-corrected chi connectivity index (χ2v) is 6.60. The average molecular weight is 387 g/mol. The highest BCUT2D eigenvalue weighted by Gasteiger charge is 2.04. The summed E-state index contributed by atoms with van der Waals surface area (Å²) in [6, 6.07) is 40.6. The van der Waals surface area contributed by atoms with Crippen LogP contribution >= 0.6 is 0 Å². The molecule has 0 aliphatic rings. The van der Waals surface area contributed by atoms with Crippen LogP contribution in [-0.4, -0.2) is 15.0 Å². The molecule has 3 heteroatoms. The van der Waals surface area contributed by atoms with Gasteiger partial charge in [0.2, 0.25) is 0 Å². The SMILES string of the molecule is c1ccc(-c2ccccc2)cc1.c1ccc(-c2ncnc(-c3ccccc3)n2)cc1. The zero-order chi connectivity index (χ0) is 20.4. The van der Waals surface area contributed by atoms with Crippen LogP contribution in [0.2, 0.25) is 0 Å². The molecule has 144 valence electrons. The molecule has 0 saturated carbocycles. The summed E-state index contributed by atoms with van der Waals surface area (Å²) in [4.78, 5) is 12.9. The molecule has 1 heterocycles. The summed E-state index contributed by atoms with van der Waals surface area (Å²) >= 11 is 0. The fourth-order valence-electron chi connectivity index (χ4n) is 3.01. The molecule has 0 amide bonds. The number of hydrogen-bond donors (Lipinski definition) is 0. The van der Waals surface area contributed by atoms with Gasteiger partial charge in [-0.25, -0.2) is 15.0 Å². The van der Waals surface area contributed by atoms with E-state index >= 15 is 0 Å². The van der Waals surface area contributed by atoms with Crippen molar-refractivity contribution in [2.75, 3.05) is 0 Å². The molecule has 0 atom stereocenters. The minimum Gasteiger partial charge on any atom is -0.217 e. The molecule has 0 fully saturated rings. The van der Waals surface area contributed by atoms with Gasteiger partial charge in [-0.15, -0.1) is 0 Å². The Bertz CT molecular complexity index is 1070. The second-order valence-electron chi connectivity index (χ2n) is 6.60. The topological polar surface area (TPSA) is 38.7 Å². The average Bonchev–Trinajstić information content (AvgIpc) is 2.87. The highest BCUT2D eigenvalue weighted by molar-refractivity contribution is 5.63. The molecule has 5 aromatic rings. The van der Waals surface area contributed by atoms with E-state index < -0.39 is 0 Å². The first kappa shape index (κ1) is 19.2. The van der Waals surface area contributed by atoms with Crippen molar-refractivity contribution in [3.63, 3.8) is 0 Å². The van der Waals surface area contributed by atoms with Crippen LogP contribution in [0, 0.1) is 0 Å². The predicted molar refractivity (Wildman–Crippen MR) is 123 cm³/mol. The van der Waals surface area contributed by atoms with Crippen LogP contribution in [0.15, 0.2) is 128 Å². The zero-order valence-electron chi connectivity index (χ0n) is 16.5. The lowest BCUT2D eigenvalue weighted by Crippen LogP contribution is -1.94. The van der Waals surface area contributed by atoms with Crippen LogP contribution in [0.25, 0.3) is 33.9 Å². The number of hydrogen-bond acceptors (Lipinski definition) is 3. The summed E-state index contributed by atoms with van der Waals surface area (Å²) in [5.74, 6) is 1.40. The molecule has 0 radical (unpaired) electrons. The first-order valence-corrected chi connectivity index (χ1v) is 9.80. The third-order valence-electron chi connectivity index (χ3n) is 4.52. The standard InChI is InChI=1S/C15H11N3.C12H10/c1-3-7-12(8-4-1)14-16-11-17-15(18-14)13-9-5-2-6-10-13;1-3-7-11(8-4-1)12-9-5-2-6-10-12/h1-11H;1-10H. The quantitative estimate of drug-likeness (QED) is 0.352.